The first kappa shape index (κ1) is 8.52. The summed E-state index contributed by atoms with van der Waals surface area (Å²) in [5.41, 5.74) is 1.50. The largest absolute Gasteiger partial charge is 0.495 e. The maximum Gasteiger partial charge on any atom is 0.137 e. The van der Waals surface area contributed by atoms with Crippen LogP contribution in [0.5, 0.6) is 5.75 Å². The molecule has 0 spiro atoms. The first-order valence-corrected chi connectivity index (χ1v) is 4.17. The molecule has 68 valence electrons. The SMILES string of the molecule is COc1cnc2ccc(C#N)cc2c1. The van der Waals surface area contributed by atoms with Crippen LogP contribution in [0.3, 0.4) is 0 Å². The number of benzene rings is 1. The van der Waals surface area contributed by atoms with Gasteiger partial charge >= 0.3 is 0 Å². The molecular weight excluding hydrogens is 176 g/mol. The van der Waals surface area contributed by atoms with E-state index in [0.29, 0.717) is 11.3 Å². The predicted octanol–water partition coefficient (Wildman–Crippen LogP) is 2.12. The Morgan fingerprint density at radius 1 is 1.36 bits per heavy atom. The number of methoxy groups -OCH3 is 1. The van der Waals surface area contributed by atoms with Crippen molar-refractivity contribution in [1.29, 1.82) is 5.26 Å². The van der Waals surface area contributed by atoms with Crippen molar-refractivity contribution < 1.29 is 4.74 Å². The van der Waals surface area contributed by atoms with E-state index >= 15 is 0 Å². The second-order valence-electron chi connectivity index (χ2n) is 2.89. The first-order valence-electron chi connectivity index (χ1n) is 4.17. The third kappa shape index (κ3) is 1.38. The van der Waals surface area contributed by atoms with Crippen molar-refractivity contribution >= 4 is 10.9 Å². The van der Waals surface area contributed by atoms with Crippen LogP contribution in [0.2, 0.25) is 0 Å². The molecule has 1 aromatic carbocycles. The molecule has 0 atom stereocenters. The zero-order valence-corrected chi connectivity index (χ0v) is 7.69. The molecular formula is C11H8N2O. The summed E-state index contributed by atoms with van der Waals surface area (Å²) < 4.78 is 5.05. The Morgan fingerprint density at radius 3 is 2.93 bits per heavy atom. The van der Waals surface area contributed by atoms with Crippen LogP contribution in [0.1, 0.15) is 5.56 Å². The number of nitrogens with zero attached hydrogens (tertiary/aromatic N) is 2. The van der Waals surface area contributed by atoms with Gasteiger partial charge in [-0.25, -0.2) is 0 Å². The topological polar surface area (TPSA) is 45.9 Å². The molecule has 0 saturated heterocycles. The number of nitriles is 1. The summed E-state index contributed by atoms with van der Waals surface area (Å²) in [4.78, 5) is 4.19. The zero-order chi connectivity index (χ0) is 9.97. The Labute approximate surface area is 81.6 Å². The minimum atomic E-state index is 0.632. The van der Waals surface area contributed by atoms with Gasteiger partial charge < -0.3 is 4.74 Å². The second kappa shape index (κ2) is 3.35. The fourth-order valence-electron chi connectivity index (χ4n) is 1.29. The number of fused-ring (bicyclic) bond motifs is 1. The maximum absolute atomic E-state index is 8.72. The third-order valence-corrected chi connectivity index (χ3v) is 2.02. The number of ether oxygens (including phenoxy) is 1. The summed E-state index contributed by atoms with van der Waals surface area (Å²) in [6.07, 6.45) is 1.66. The zero-order valence-electron chi connectivity index (χ0n) is 7.69. The van der Waals surface area contributed by atoms with Gasteiger partial charge in [0.25, 0.3) is 0 Å². The Bertz CT molecular complexity index is 514. The lowest BCUT2D eigenvalue weighted by atomic mass is 10.1. The van der Waals surface area contributed by atoms with Crippen LogP contribution >= 0.6 is 0 Å². The summed E-state index contributed by atoms with van der Waals surface area (Å²) in [5.74, 6) is 0.701. The number of hydrogen-bond acceptors (Lipinski definition) is 3. The van der Waals surface area contributed by atoms with Gasteiger partial charge in [0.1, 0.15) is 5.75 Å². The molecule has 2 aromatic rings. The lowest BCUT2D eigenvalue weighted by molar-refractivity contribution is 0.414. The molecule has 14 heavy (non-hydrogen) atoms. The number of pyridine rings is 1. The van der Waals surface area contributed by atoms with Crippen molar-refractivity contribution in [3.8, 4) is 11.8 Å². The van der Waals surface area contributed by atoms with E-state index in [1.54, 1.807) is 25.4 Å². The molecule has 3 heteroatoms. The first-order chi connectivity index (χ1) is 6.83. The minimum absolute atomic E-state index is 0.632. The Hall–Kier alpha value is -2.08. The molecule has 0 unspecified atom stereocenters. The van der Waals surface area contributed by atoms with E-state index in [4.69, 9.17) is 10.00 Å². The number of aromatic nitrogens is 1. The molecule has 0 fully saturated rings. The lowest BCUT2D eigenvalue weighted by Gasteiger charge is -2.01. The van der Waals surface area contributed by atoms with Gasteiger partial charge in [0, 0.05) is 5.39 Å². The average molecular weight is 184 g/mol. The molecule has 0 radical (unpaired) electrons. The fraction of sp³-hybridized carbons (Fsp3) is 0.0909. The molecule has 3 nitrogen and oxygen atoms in total. The summed E-state index contributed by atoms with van der Waals surface area (Å²) in [6.45, 7) is 0. The lowest BCUT2D eigenvalue weighted by Crippen LogP contribution is -1.85. The second-order valence-corrected chi connectivity index (χ2v) is 2.89. The molecule has 0 amide bonds. The van der Waals surface area contributed by atoms with Crippen molar-refractivity contribution in [2.75, 3.05) is 7.11 Å². The standard InChI is InChI=1S/C11H8N2O/c1-14-10-5-9-4-8(6-12)2-3-11(9)13-7-10/h2-5,7H,1H3. The Morgan fingerprint density at radius 2 is 2.21 bits per heavy atom. The molecule has 0 aliphatic heterocycles. The van der Waals surface area contributed by atoms with Crippen LogP contribution in [-0.4, -0.2) is 12.1 Å². The van der Waals surface area contributed by atoms with Gasteiger partial charge in [0.2, 0.25) is 0 Å². The van der Waals surface area contributed by atoms with Crippen molar-refractivity contribution in [2.45, 2.75) is 0 Å². The molecule has 0 N–H and O–H groups in total. The monoisotopic (exact) mass is 184 g/mol. The number of hydrogen-bond donors (Lipinski definition) is 0. The molecule has 2 rings (SSSR count). The molecule has 0 aliphatic rings. The molecule has 1 aromatic heterocycles. The van der Waals surface area contributed by atoms with Gasteiger partial charge in [-0.15, -0.1) is 0 Å². The van der Waals surface area contributed by atoms with Crippen LogP contribution in [0.4, 0.5) is 0 Å². The number of rotatable bonds is 1. The van der Waals surface area contributed by atoms with Crippen LogP contribution in [0, 0.1) is 11.3 Å². The van der Waals surface area contributed by atoms with Gasteiger partial charge in [-0.1, -0.05) is 0 Å². The predicted molar refractivity (Wildman–Crippen MR) is 53.0 cm³/mol. The van der Waals surface area contributed by atoms with Crippen LogP contribution in [-0.2, 0) is 0 Å². The van der Waals surface area contributed by atoms with Crippen LogP contribution in [0.15, 0.2) is 30.5 Å². The van der Waals surface area contributed by atoms with E-state index in [1.807, 2.05) is 12.1 Å². The average Bonchev–Trinajstić information content (AvgIpc) is 2.27. The summed E-state index contributed by atoms with van der Waals surface area (Å²) >= 11 is 0. The molecule has 0 bridgehead atoms. The highest BCUT2D eigenvalue weighted by Crippen LogP contribution is 2.18. The van der Waals surface area contributed by atoms with Crippen molar-refractivity contribution in [3.63, 3.8) is 0 Å². The minimum Gasteiger partial charge on any atom is -0.495 e. The van der Waals surface area contributed by atoms with E-state index < -0.39 is 0 Å². The van der Waals surface area contributed by atoms with Crippen molar-refractivity contribution in [2.24, 2.45) is 0 Å². The highest BCUT2D eigenvalue weighted by Gasteiger charge is 1.98. The van der Waals surface area contributed by atoms with Crippen molar-refractivity contribution in [3.05, 3.63) is 36.0 Å². The van der Waals surface area contributed by atoms with Crippen molar-refractivity contribution in [1.82, 2.24) is 4.98 Å². The normalized spacial score (nSPS) is 9.71. The van der Waals surface area contributed by atoms with Crippen LogP contribution < -0.4 is 4.74 Å². The molecule has 1 heterocycles. The third-order valence-electron chi connectivity index (χ3n) is 2.02. The van der Waals surface area contributed by atoms with E-state index in [2.05, 4.69) is 11.1 Å². The summed E-state index contributed by atoms with van der Waals surface area (Å²) in [5, 5.41) is 9.64. The summed E-state index contributed by atoms with van der Waals surface area (Å²) in [6, 6.07) is 9.33. The van der Waals surface area contributed by atoms with Gasteiger partial charge in [0.05, 0.1) is 30.5 Å². The quantitative estimate of drug-likeness (QED) is 0.681. The van der Waals surface area contributed by atoms with Gasteiger partial charge in [-0.05, 0) is 24.3 Å². The van der Waals surface area contributed by atoms with Gasteiger partial charge in [-0.3, -0.25) is 4.98 Å². The Balaban J connectivity index is 2.67. The van der Waals surface area contributed by atoms with Gasteiger partial charge in [-0.2, -0.15) is 5.26 Å². The van der Waals surface area contributed by atoms with Gasteiger partial charge in [0.15, 0.2) is 0 Å². The highest BCUT2D eigenvalue weighted by molar-refractivity contribution is 5.81. The highest BCUT2D eigenvalue weighted by atomic mass is 16.5. The maximum atomic E-state index is 8.72. The smallest absolute Gasteiger partial charge is 0.137 e. The fourth-order valence-corrected chi connectivity index (χ4v) is 1.29. The molecule has 0 saturated carbocycles. The van der Waals surface area contributed by atoms with E-state index in [-0.39, 0.29) is 0 Å². The van der Waals surface area contributed by atoms with E-state index in [0.717, 1.165) is 10.9 Å². The van der Waals surface area contributed by atoms with Crippen LogP contribution in [0.25, 0.3) is 10.9 Å². The Kier molecular flexibility index (Phi) is 2.04. The summed E-state index contributed by atoms with van der Waals surface area (Å²) in [7, 11) is 1.59. The molecule has 0 aliphatic carbocycles. The van der Waals surface area contributed by atoms with E-state index in [1.165, 1.54) is 0 Å². The van der Waals surface area contributed by atoms with E-state index in [9.17, 15) is 0 Å².